The van der Waals surface area contributed by atoms with Gasteiger partial charge in [0, 0.05) is 18.4 Å². The van der Waals surface area contributed by atoms with Crippen molar-refractivity contribution in [3.8, 4) is 0 Å². The Morgan fingerprint density at radius 1 is 1.29 bits per heavy atom. The normalized spacial score (nSPS) is 11.4. The first-order valence-electron chi connectivity index (χ1n) is 6.30. The minimum atomic E-state index is 0.191. The van der Waals surface area contributed by atoms with E-state index in [2.05, 4.69) is 64.4 Å². The Labute approximate surface area is 106 Å². The van der Waals surface area contributed by atoms with Crippen LogP contribution < -0.4 is 4.90 Å². The first-order chi connectivity index (χ1) is 7.77. The number of anilines is 1. The Morgan fingerprint density at radius 3 is 2.29 bits per heavy atom. The lowest BCUT2D eigenvalue weighted by Crippen LogP contribution is -2.18. The summed E-state index contributed by atoms with van der Waals surface area (Å²) >= 11 is 0. The van der Waals surface area contributed by atoms with E-state index in [0.29, 0.717) is 0 Å². The van der Waals surface area contributed by atoms with E-state index in [9.17, 15) is 0 Å². The third-order valence-electron chi connectivity index (χ3n) is 3.27. The highest BCUT2D eigenvalue weighted by atomic mass is 15.1. The van der Waals surface area contributed by atoms with Crippen molar-refractivity contribution >= 4 is 5.69 Å². The fourth-order valence-corrected chi connectivity index (χ4v) is 1.85. The molecule has 0 saturated heterocycles. The summed E-state index contributed by atoms with van der Waals surface area (Å²) < 4.78 is 0. The van der Waals surface area contributed by atoms with Gasteiger partial charge < -0.3 is 4.90 Å². The summed E-state index contributed by atoms with van der Waals surface area (Å²) in [7, 11) is 2.09. The van der Waals surface area contributed by atoms with Gasteiger partial charge in [-0.05, 0) is 36.0 Å². The molecule has 94 valence electrons. The molecule has 0 heterocycles. The number of hydrogen-bond acceptors (Lipinski definition) is 1. The molecular formula is C16H25N. The second kappa shape index (κ2) is 4.95. The summed E-state index contributed by atoms with van der Waals surface area (Å²) in [6, 6.07) is 6.79. The average Bonchev–Trinajstić information content (AvgIpc) is 2.25. The third-order valence-corrected chi connectivity index (χ3v) is 3.27. The van der Waals surface area contributed by atoms with E-state index in [0.717, 1.165) is 12.1 Å². The molecule has 0 radical (unpaired) electrons. The van der Waals surface area contributed by atoms with Crippen molar-refractivity contribution in [3.05, 3.63) is 41.6 Å². The Bertz CT molecular complexity index is 410. The lowest BCUT2D eigenvalue weighted by atomic mass is 9.86. The zero-order valence-corrected chi connectivity index (χ0v) is 12.1. The highest BCUT2D eigenvalue weighted by Crippen LogP contribution is 2.30. The molecule has 0 aliphatic heterocycles. The predicted molar refractivity (Wildman–Crippen MR) is 77.7 cm³/mol. The Balaban J connectivity index is 3.29. The van der Waals surface area contributed by atoms with Gasteiger partial charge in [0.15, 0.2) is 0 Å². The molecule has 0 saturated carbocycles. The topological polar surface area (TPSA) is 3.24 Å². The van der Waals surface area contributed by atoms with Gasteiger partial charge in [-0.1, -0.05) is 46.4 Å². The van der Waals surface area contributed by atoms with Crippen LogP contribution in [0.4, 0.5) is 5.69 Å². The van der Waals surface area contributed by atoms with Gasteiger partial charge in [0.05, 0.1) is 0 Å². The van der Waals surface area contributed by atoms with E-state index in [-0.39, 0.29) is 5.41 Å². The maximum atomic E-state index is 4.02. The Hall–Kier alpha value is -1.24. The van der Waals surface area contributed by atoms with E-state index < -0.39 is 0 Å². The predicted octanol–water partition coefficient (Wildman–Crippen LogP) is 4.52. The number of benzene rings is 1. The molecule has 1 heteroatoms. The average molecular weight is 231 g/mol. The molecule has 0 aromatic heterocycles. The van der Waals surface area contributed by atoms with Crippen LogP contribution in [-0.4, -0.2) is 7.05 Å². The summed E-state index contributed by atoms with van der Waals surface area (Å²) in [4.78, 5) is 2.17. The van der Waals surface area contributed by atoms with Crippen molar-refractivity contribution < 1.29 is 0 Å². The zero-order valence-electron chi connectivity index (χ0n) is 12.1. The molecule has 0 bridgehead atoms. The molecule has 0 aliphatic carbocycles. The standard InChI is InChI=1S/C16H25N/c1-8-13-9-10-14(16(4,5)6)11-15(13)17(7)12(2)3/h9-11H,2,8H2,1,3-7H3. The molecule has 0 amide bonds. The maximum Gasteiger partial charge on any atom is 0.0440 e. The lowest BCUT2D eigenvalue weighted by Gasteiger charge is -2.26. The molecule has 0 N–H and O–H groups in total. The van der Waals surface area contributed by atoms with Gasteiger partial charge in [-0.2, -0.15) is 0 Å². The molecule has 0 atom stereocenters. The molecule has 0 aliphatic rings. The van der Waals surface area contributed by atoms with Crippen molar-refractivity contribution in [2.45, 2.75) is 46.5 Å². The number of rotatable bonds is 3. The number of aryl methyl sites for hydroxylation is 1. The van der Waals surface area contributed by atoms with E-state index >= 15 is 0 Å². The molecule has 1 nitrogen and oxygen atoms in total. The maximum absolute atomic E-state index is 4.02. The summed E-state index contributed by atoms with van der Waals surface area (Å²) in [5.41, 5.74) is 5.30. The Kier molecular flexibility index (Phi) is 4.03. The van der Waals surface area contributed by atoms with Crippen LogP contribution in [0.15, 0.2) is 30.5 Å². The fourth-order valence-electron chi connectivity index (χ4n) is 1.85. The molecule has 1 rings (SSSR count). The third kappa shape index (κ3) is 3.12. The van der Waals surface area contributed by atoms with Crippen LogP contribution in [0.1, 0.15) is 45.7 Å². The quantitative estimate of drug-likeness (QED) is 0.739. The number of allylic oxidation sites excluding steroid dienone is 1. The van der Waals surface area contributed by atoms with Crippen molar-refractivity contribution in [1.29, 1.82) is 0 Å². The van der Waals surface area contributed by atoms with Crippen molar-refractivity contribution in [2.75, 3.05) is 11.9 Å². The van der Waals surface area contributed by atoms with Crippen LogP contribution in [0, 0.1) is 0 Å². The van der Waals surface area contributed by atoms with Crippen LogP contribution in [0.2, 0.25) is 0 Å². The zero-order chi connectivity index (χ0) is 13.2. The second-order valence-corrected chi connectivity index (χ2v) is 5.74. The van der Waals surface area contributed by atoms with Crippen molar-refractivity contribution in [2.24, 2.45) is 0 Å². The minimum absolute atomic E-state index is 0.191. The van der Waals surface area contributed by atoms with Gasteiger partial charge in [0.2, 0.25) is 0 Å². The highest BCUT2D eigenvalue weighted by Gasteiger charge is 2.16. The van der Waals surface area contributed by atoms with E-state index in [4.69, 9.17) is 0 Å². The van der Waals surface area contributed by atoms with Crippen LogP contribution in [0.3, 0.4) is 0 Å². The lowest BCUT2D eigenvalue weighted by molar-refractivity contribution is 0.590. The first-order valence-corrected chi connectivity index (χ1v) is 6.30. The molecule has 1 aromatic rings. The number of hydrogen-bond donors (Lipinski definition) is 0. The monoisotopic (exact) mass is 231 g/mol. The van der Waals surface area contributed by atoms with Gasteiger partial charge in [-0.15, -0.1) is 0 Å². The molecule has 0 fully saturated rings. The first kappa shape index (κ1) is 13.8. The molecule has 17 heavy (non-hydrogen) atoms. The molecular weight excluding hydrogens is 206 g/mol. The van der Waals surface area contributed by atoms with E-state index in [1.807, 2.05) is 6.92 Å². The molecule has 0 spiro atoms. The Morgan fingerprint density at radius 2 is 1.88 bits per heavy atom. The van der Waals surface area contributed by atoms with Crippen molar-refractivity contribution in [1.82, 2.24) is 0 Å². The summed E-state index contributed by atoms with van der Waals surface area (Å²) in [6.45, 7) is 15.0. The smallest absolute Gasteiger partial charge is 0.0440 e. The summed E-state index contributed by atoms with van der Waals surface area (Å²) in [6.07, 6.45) is 1.05. The van der Waals surface area contributed by atoms with Gasteiger partial charge in [0.25, 0.3) is 0 Å². The fraction of sp³-hybridized carbons (Fsp3) is 0.500. The van der Waals surface area contributed by atoms with Gasteiger partial charge in [0.1, 0.15) is 0 Å². The molecule has 1 aromatic carbocycles. The largest absolute Gasteiger partial charge is 0.349 e. The minimum Gasteiger partial charge on any atom is -0.349 e. The van der Waals surface area contributed by atoms with Gasteiger partial charge in [-0.3, -0.25) is 0 Å². The van der Waals surface area contributed by atoms with E-state index in [1.165, 1.54) is 16.8 Å². The SMILES string of the molecule is C=C(C)N(C)c1cc(C(C)(C)C)ccc1CC. The van der Waals surface area contributed by atoms with Crippen LogP contribution in [0.5, 0.6) is 0 Å². The second-order valence-electron chi connectivity index (χ2n) is 5.74. The van der Waals surface area contributed by atoms with Crippen LogP contribution in [0.25, 0.3) is 0 Å². The van der Waals surface area contributed by atoms with Gasteiger partial charge >= 0.3 is 0 Å². The molecule has 0 unspecified atom stereocenters. The van der Waals surface area contributed by atoms with Gasteiger partial charge in [-0.25, -0.2) is 0 Å². The van der Waals surface area contributed by atoms with Crippen LogP contribution >= 0.6 is 0 Å². The van der Waals surface area contributed by atoms with E-state index in [1.54, 1.807) is 0 Å². The summed E-state index contributed by atoms with van der Waals surface area (Å²) in [5.74, 6) is 0. The van der Waals surface area contributed by atoms with Crippen LogP contribution in [-0.2, 0) is 11.8 Å². The highest BCUT2D eigenvalue weighted by molar-refractivity contribution is 5.59. The van der Waals surface area contributed by atoms with Crippen molar-refractivity contribution in [3.63, 3.8) is 0 Å². The summed E-state index contributed by atoms with van der Waals surface area (Å²) in [5, 5.41) is 0. The number of nitrogens with zero attached hydrogens (tertiary/aromatic N) is 1.